The van der Waals surface area contributed by atoms with Crippen LogP contribution in [0, 0.1) is 0 Å². The van der Waals surface area contributed by atoms with Crippen LogP contribution in [0.3, 0.4) is 0 Å². The van der Waals surface area contributed by atoms with E-state index < -0.39 is 11.5 Å². The molecule has 2 aliphatic heterocycles. The minimum Gasteiger partial charge on any atom is -0.348 e. The van der Waals surface area contributed by atoms with Crippen molar-refractivity contribution in [1.82, 2.24) is 19.7 Å². The number of aromatic nitrogens is 1. The lowest BCUT2D eigenvalue weighted by Crippen LogP contribution is -2.54. The SMILES string of the molecule is O=C(NCc1ccc(Cl)cc1)c1ccc2n(c1=O)CCN(CC1(N3CCCCC3=O)CC1)C2=O. The zero-order valence-electron chi connectivity index (χ0n) is 18.9. The Morgan fingerprint density at radius 3 is 2.44 bits per heavy atom. The minimum absolute atomic E-state index is 0.0107. The number of hydrogen-bond donors (Lipinski definition) is 1. The predicted octanol–water partition coefficient (Wildman–Crippen LogP) is 2.43. The Morgan fingerprint density at radius 2 is 1.74 bits per heavy atom. The molecule has 8 nitrogen and oxygen atoms in total. The van der Waals surface area contributed by atoms with Crippen LogP contribution in [0.4, 0.5) is 0 Å². The van der Waals surface area contributed by atoms with Gasteiger partial charge in [0.2, 0.25) is 5.91 Å². The topological polar surface area (TPSA) is 91.7 Å². The van der Waals surface area contributed by atoms with E-state index in [-0.39, 0.29) is 35.2 Å². The predicted molar refractivity (Wildman–Crippen MR) is 127 cm³/mol. The summed E-state index contributed by atoms with van der Waals surface area (Å²) in [4.78, 5) is 55.0. The molecule has 1 aromatic carbocycles. The van der Waals surface area contributed by atoms with E-state index in [1.807, 2.05) is 4.90 Å². The van der Waals surface area contributed by atoms with Gasteiger partial charge in [-0.3, -0.25) is 19.2 Å². The molecule has 9 heteroatoms. The molecule has 178 valence electrons. The van der Waals surface area contributed by atoms with Gasteiger partial charge < -0.3 is 19.7 Å². The third-order valence-electron chi connectivity index (χ3n) is 7.09. The summed E-state index contributed by atoms with van der Waals surface area (Å²) in [5, 5.41) is 3.36. The molecular weight excluding hydrogens is 456 g/mol. The van der Waals surface area contributed by atoms with Crippen molar-refractivity contribution in [3.63, 3.8) is 0 Å². The normalized spacial score (nSPS) is 19.1. The smallest absolute Gasteiger partial charge is 0.270 e. The van der Waals surface area contributed by atoms with E-state index in [9.17, 15) is 19.2 Å². The monoisotopic (exact) mass is 482 g/mol. The molecule has 0 unspecified atom stereocenters. The van der Waals surface area contributed by atoms with E-state index in [1.165, 1.54) is 10.6 Å². The van der Waals surface area contributed by atoms with Crippen molar-refractivity contribution >= 4 is 29.3 Å². The van der Waals surface area contributed by atoms with Crippen molar-refractivity contribution in [3.05, 3.63) is 68.6 Å². The van der Waals surface area contributed by atoms with Gasteiger partial charge >= 0.3 is 0 Å². The quantitative estimate of drug-likeness (QED) is 0.684. The van der Waals surface area contributed by atoms with E-state index in [1.54, 1.807) is 35.2 Å². The van der Waals surface area contributed by atoms with E-state index in [4.69, 9.17) is 11.6 Å². The van der Waals surface area contributed by atoms with Crippen LogP contribution in [0.2, 0.25) is 5.02 Å². The molecule has 1 saturated heterocycles. The highest BCUT2D eigenvalue weighted by Gasteiger charge is 2.52. The number of carbonyl (C=O) groups is 3. The van der Waals surface area contributed by atoms with Crippen molar-refractivity contribution in [3.8, 4) is 0 Å². The Kier molecular flexibility index (Phi) is 5.93. The van der Waals surface area contributed by atoms with Crippen LogP contribution >= 0.6 is 11.6 Å². The van der Waals surface area contributed by atoms with Gasteiger partial charge in [0.15, 0.2) is 0 Å². The van der Waals surface area contributed by atoms with Crippen LogP contribution in [-0.4, -0.2) is 57.3 Å². The number of pyridine rings is 1. The number of benzene rings is 1. The second-order valence-corrected chi connectivity index (χ2v) is 9.79. The first-order valence-electron chi connectivity index (χ1n) is 11.7. The Bertz CT molecular complexity index is 1200. The third-order valence-corrected chi connectivity index (χ3v) is 7.35. The maximum absolute atomic E-state index is 13.2. The van der Waals surface area contributed by atoms with Gasteiger partial charge in [0, 0.05) is 44.2 Å². The summed E-state index contributed by atoms with van der Waals surface area (Å²) in [6.45, 7) is 2.22. The van der Waals surface area contributed by atoms with Gasteiger partial charge in [0.05, 0.1) is 5.54 Å². The molecule has 1 aromatic heterocycles. The fourth-order valence-electron chi connectivity index (χ4n) is 5.00. The number of nitrogens with one attached hydrogen (secondary N) is 1. The van der Waals surface area contributed by atoms with Crippen molar-refractivity contribution < 1.29 is 14.4 Å². The van der Waals surface area contributed by atoms with Gasteiger partial charge in [-0.2, -0.15) is 0 Å². The molecule has 3 aliphatic rings. The lowest BCUT2D eigenvalue weighted by atomic mass is 10.0. The zero-order valence-corrected chi connectivity index (χ0v) is 19.6. The molecule has 2 fully saturated rings. The number of nitrogens with zero attached hydrogens (tertiary/aromatic N) is 3. The highest BCUT2D eigenvalue weighted by molar-refractivity contribution is 6.30. The average molecular weight is 483 g/mol. The van der Waals surface area contributed by atoms with E-state index in [0.717, 1.165) is 37.8 Å². The lowest BCUT2D eigenvalue weighted by molar-refractivity contribution is -0.137. The molecule has 1 saturated carbocycles. The van der Waals surface area contributed by atoms with Gasteiger partial charge in [0.25, 0.3) is 17.4 Å². The van der Waals surface area contributed by atoms with E-state index in [2.05, 4.69) is 5.32 Å². The molecule has 1 N–H and O–H groups in total. The summed E-state index contributed by atoms with van der Waals surface area (Å²) in [5.74, 6) is -0.531. The Balaban J connectivity index is 1.28. The highest BCUT2D eigenvalue weighted by atomic mass is 35.5. The van der Waals surface area contributed by atoms with Gasteiger partial charge in [-0.1, -0.05) is 23.7 Å². The molecular formula is C25H27ClN4O4. The molecule has 0 atom stereocenters. The third kappa shape index (κ3) is 4.22. The van der Waals surface area contributed by atoms with Crippen LogP contribution in [0.1, 0.15) is 58.5 Å². The maximum Gasteiger partial charge on any atom is 0.270 e. The second kappa shape index (κ2) is 8.91. The van der Waals surface area contributed by atoms with Crippen molar-refractivity contribution in [2.45, 2.75) is 50.7 Å². The molecule has 3 heterocycles. The molecule has 0 spiro atoms. The van der Waals surface area contributed by atoms with Crippen LogP contribution in [0.15, 0.2) is 41.2 Å². The average Bonchev–Trinajstić information content (AvgIpc) is 3.61. The van der Waals surface area contributed by atoms with Crippen LogP contribution in [0.25, 0.3) is 0 Å². The second-order valence-electron chi connectivity index (χ2n) is 9.35. The Labute approximate surface area is 202 Å². The van der Waals surface area contributed by atoms with Gasteiger partial charge in [-0.15, -0.1) is 0 Å². The number of fused-ring (bicyclic) bond motifs is 1. The zero-order chi connectivity index (χ0) is 23.9. The maximum atomic E-state index is 13.2. The summed E-state index contributed by atoms with van der Waals surface area (Å²) in [7, 11) is 0. The number of rotatable bonds is 6. The standard InChI is InChI=1S/C25H27ClN4O4/c26-18-6-4-17(5-7-18)15-27-22(32)19-8-9-20-24(34)28(13-14-29(20)23(19)33)16-25(10-11-25)30-12-2-1-3-21(30)31/h4-9H,1-3,10-16H2,(H,27,32). The van der Waals surface area contributed by atoms with Crippen LogP contribution in [-0.2, 0) is 17.9 Å². The van der Waals surface area contributed by atoms with Crippen molar-refractivity contribution in [2.24, 2.45) is 0 Å². The molecule has 5 rings (SSSR count). The first-order valence-corrected chi connectivity index (χ1v) is 12.1. The summed E-state index contributed by atoms with van der Waals surface area (Å²) in [5.41, 5.74) is 0.439. The molecule has 34 heavy (non-hydrogen) atoms. The van der Waals surface area contributed by atoms with Gasteiger partial charge in [-0.05, 0) is 55.5 Å². The number of piperidine rings is 1. The van der Waals surface area contributed by atoms with Gasteiger partial charge in [0.1, 0.15) is 11.3 Å². The van der Waals surface area contributed by atoms with Crippen LogP contribution < -0.4 is 10.9 Å². The van der Waals surface area contributed by atoms with Crippen LogP contribution in [0.5, 0.6) is 0 Å². The number of hydrogen-bond acceptors (Lipinski definition) is 4. The molecule has 0 radical (unpaired) electrons. The molecule has 3 amide bonds. The number of amides is 3. The summed E-state index contributed by atoms with van der Waals surface area (Å²) >= 11 is 5.89. The highest BCUT2D eigenvalue weighted by Crippen LogP contribution is 2.44. The van der Waals surface area contributed by atoms with E-state index in [0.29, 0.717) is 31.1 Å². The number of carbonyl (C=O) groups excluding carboxylic acids is 3. The molecule has 2 aromatic rings. The fraction of sp³-hybridized carbons (Fsp3) is 0.440. The number of halogens is 1. The largest absolute Gasteiger partial charge is 0.348 e. The molecule has 0 bridgehead atoms. The summed E-state index contributed by atoms with van der Waals surface area (Å²) < 4.78 is 1.39. The van der Waals surface area contributed by atoms with Crippen molar-refractivity contribution in [1.29, 1.82) is 0 Å². The first-order chi connectivity index (χ1) is 16.4. The van der Waals surface area contributed by atoms with Gasteiger partial charge in [-0.25, -0.2) is 0 Å². The fourth-order valence-corrected chi connectivity index (χ4v) is 5.12. The Hall–Kier alpha value is -3.13. The first kappa shape index (κ1) is 22.7. The molecule has 1 aliphatic carbocycles. The van der Waals surface area contributed by atoms with Crippen molar-refractivity contribution in [2.75, 3.05) is 19.6 Å². The lowest BCUT2D eigenvalue weighted by Gasteiger charge is -2.39. The Morgan fingerprint density at radius 1 is 0.971 bits per heavy atom. The number of likely N-dealkylation sites (tertiary alicyclic amines) is 1. The summed E-state index contributed by atoms with van der Waals surface area (Å²) in [6, 6.07) is 10.1. The minimum atomic E-state index is -0.481. The van der Waals surface area contributed by atoms with E-state index >= 15 is 0 Å². The summed E-state index contributed by atoms with van der Waals surface area (Å²) in [6.07, 6.45) is 4.32.